The number of hydrogen-bond donors (Lipinski definition) is 0. The minimum atomic E-state index is -0.253. The van der Waals surface area contributed by atoms with Crippen molar-refractivity contribution in [3.63, 3.8) is 0 Å². The van der Waals surface area contributed by atoms with Gasteiger partial charge < -0.3 is 4.42 Å². The molecule has 1 aliphatic rings. The molecule has 0 saturated carbocycles. The van der Waals surface area contributed by atoms with Crippen molar-refractivity contribution in [2.24, 2.45) is 5.10 Å². The predicted molar refractivity (Wildman–Crippen MR) is 117 cm³/mol. The third-order valence-corrected chi connectivity index (χ3v) is 5.47. The summed E-state index contributed by atoms with van der Waals surface area (Å²) < 4.78 is 6.86. The van der Waals surface area contributed by atoms with Crippen molar-refractivity contribution in [1.82, 2.24) is 0 Å². The van der Waals surface area contributed by atoms with Gasteiger partial charge in [0.25, 0.3) is 5.91 Å². The molecule has 0 unspecified atom stereocenters. The Labute approximate surface area is 180 Å². The van der Waals surface area contributed by atoms with Crippen molar-refractivity contribution >= 4 is 62.5 Å². The van der Waals surface area contributed by atoms with Crippen molar-refractivity contribution in [3.05, 3.63) is 80.4 Å². The van der Waals surface area contributed by atoms with E-state index >= 15 is 0 Å². The number of hydrogen-bond acceptors (Lipinski definition) is 3. The third-order valence-electron chi connectivity index (χ3n) is 4.23. The normalized spacial score (nSPS) is 15.4. The monoisotopic (exact) mass is 474 g/mol. The maximum Gasteiger partial charge on any atom is 0.280 e. The van der Waals surface area contributed by atoms with Crippen LogP contribution in [0.5, 0.6) is 0 Å². The highest BCUT2D eigenvalue weighted by Crippen LogP contribution is 2.31. The molecule has 28 heavy (non-hydrogen) atoms. The molecule has 0 spiro atoms. The predicted octanol–water partition coefficient (Wildman–Crippen LogP) is 6.82. The second-order valence-corrected chi connectivity index (χ2v) is 7.90. The van der Waals surface area contributed by atoms with Crippen molar-refractivity contribution in [2.75, 3.05) is 5.01 Å². The lowest BCUT2D eigenvalue weighted by Gasteiger charge is -2.12. The fourth-order valence-corrected chi connectivity index (χ4v) is 3.54. The molecule has 7 heteroatoms. The number of carbonyl (C=O) groups is 1. The van der Waals surface area contributed by atoms with Crippen molar-refractivity contribution in [1.29, 1.82) is 0 Å². The number of hydrazone groups is 1. The van der Waals surface area contributed by atoms with E-state index in [0.717, 1.165) is 15.8 Å². The van der Waals surface area contributed by atoms with Crippen molar-refractivity contribution in [3.8, 4) is 11.3 Å². The fraction of sp³-hybridized carbons (Fsp3) is 0.0476. The van der Waals surface area contributed by atoms with Crippen LogP contribution in [0.2, 0.25) is 10.0 Å². The maximum atomic E-state index is 12.9. The Morgan fingerprint density at radius 3 is 2.64 bits per heavy atom. The zero-order chi connectivity index (χ0) is 19.8. The molecule has 0 atom stereocenters. The Kier molecular flexibility index (Phi) is 5.15. The Hall–Kier alpha value is -2.34. The second kappa shape index (κ2) is 7.59. The molecule has 0 radical (unpaired) electrons. The van der Waals surface area contributed by atoms with Gasteiger partial charge in [-0.05, 0) is 55.5 Å². The zero-order valence-electron chi connectivity index (χ0n) is 14.6. The Morgan fingerprint density at radius 2 is 1.89 bits per heavy atom. The van der Waals surface area contributed by atoms with Gasteiger partial charge in [-0.2, -0.15) is 10.1 Å². The van der Waals surface area contributed by atoms with E-state index in [9.17, 15) is 4.79 Å². The summed E-state index contributed by atoms with van der Waals surface area (Å²) in [5.74, 6) is 1.04. The van der Waals surface area contributed by atoms with Crippen LogP contribution < -0.4 is 5.01 Å². The van der Waals surface area contributed by atoms with Crippen LogP contribution in [0, 0.1) is 0 Å². The molecule has 0 bridgehead atoms. The van der Waals surface area contributed by atoms with Gasteiger partial charge in [0.15, 0.2) is 0 Å². The van der Waals surface area contributed by atoms with Gasteiger partial charge in [0.2, 0.25) is 0 Å². The molecular formula is C21H13BrCl2N2O2. The standard InChI is InChI=1S/C21H13BrCl2N2O2/c1-12-17(21(27)26(25-12)15-5-7-18(23)19(24)10-15)11-16-6-8-20(28-16)13-3-2-4-14(22)9-13/h2-11H,1H3. The molecule has 0 saturated heterocycles. The first-order valence-corrected chi connectivity index (χ1v) is 9.90. The first-order valence-electron chi connectivity index (χ1n) is 8.35. The molecule has 2 aromatic carbocycles. The molecule has 3 aromatic rings. The van der Waals surface area contributed by atoms with E-state index in [-0.39, 0.29) is 5.91 Å². The van der Waals surface area contributed by atoms with Crippen LogP contribution in [-0.2, 0) is 4.79 Å². The Morgan fingerprint density at radius 1 is 1.07 bits per heavy atom. The van der Waals surface area contributed by atoms with Gasteiger partial charge in [0, 0.05) is 10.0 Å². The molecule has 0 N–H and O–H groups in total. The summed E-state index contributed by atoms with van der Waals surface area (Å²) in [6.45, 7) is 1.78. The molecule has 4 nitrogen and oxygen atoms in total. The highest BCUT2D eigenvalue weighted by molar-refractivity contribution is 9.10. The molecule has 2 heterocycles. The van der Waals surface area contributed by atoms with Crippen LogP contribution in [0.15, 0.2) is 74.2 Å². The van der Waals surface area contributed by atoms with Crippen LogP contribution in [0.3, 0.4) is 0 Å². The number of anilines is 1. The minimum Gasteiger partial charge on any atom is -0.457 e. The highest BCUT2D eigenvalue weighted by atomic mass is 79.9. The average Bonchev–Trinajstić information content (AvgIpc) is 3.24. The molecular weight excluding hydrogens is 463 g/mol. The minimum absolute atomic E-state index is 0.253. The van der Waals surface area contributed by atoms with Crippen LogP contribution in [-0.4, -0.2) is 11.6 Å². The van der Waals surface area contributed by atoms with Crippen LogP contribution in [0.1, 0.15) is 12.7 Å². The fourth-order valence-electron chi connectivity index (χ4n) is 2.85. The number of nitrogens with zero attached hydrogens (tertiary/aromatic N) is 2. The zero-order valence-corrected chi connectivity index (χ0v) is 17.7. The first kappa shape index (κ1) is 19.0. The summed E-state index contributed by atoms with van der Waals surface area (Å²) in [7, 11) is 0. The van der Waals surface area contributed by atoms with Crippen LogP contribution >= 0.6 is 39.1 Å². The lowest BCUT2D eigenvalue weighted by Crippen LogP contribution is -2.21. The summed E-state index contributed by atoms with van der Waals surface area (Å²) in [6, 6.07) is 16.5. The topological polar surface area (TPSA) is 45.8 Å². The maximum absolute atomic E-state index is 12.9. The number of halogens is 3. The van der Waals surface area contributed by atoms with Gasteiger partial charge in [-0.1, -0.05) is 51.3 Å². The van der Waals surface area contributed by atoms with Gasteiger partial charge >= 0.3 is 0 Å². The Balaban J connectivity index is 1.63. The van der Waals surface area contributed by atoms with Crippen LogP contribution in [0.25, 0.3) is 17.4 Å². The molecule has 1 aromatic heterocycles. The highest BCUT2D eigenvalue weighted by Gasteiger charge is 2.29. The van der Waals surface area contributed by atoms with E-state index in [1.165, 1.54) is 5.01 Å². The summed E-state index contributed by atoms with van der Waals surface area (Å²) in [4.78, 5) is 12.9. The summed E-state index contributed by atoms with van der Waals surface area (Å²) in [6.07, 6.45) is 1.69. The lowest BCUT2D eigenvalue weighted by atomic mass is 10.1. The average molecular weight is 476 g/mol. The smallest absolute Gasteiger partial charge is 0.280 e. The van der Waals surface area contributed by atoms with Gasteiger partial charge in [-0.25, -0.2) is 0 Å². The van der Waals surface area contributed by atoms with Gasteiger partial charge in [0.1, 0.15) is 11.5 Å². The molecule has 1 aliphatic heterocycles. The number of furan rings is 1. The molecule has 1 amide bonds. The number of benzene rings is 2. The van der Waals surface area contributed by atoms with Crippen molar-refractivity contribution in [2.45, 2.75) is 6.92 Å². The Bertz CT molecular complexity index is 1150. The summed E-state index contributed by atoms with van der Waals surface area (Å²) >= 11 is 15.5. The lowest BCUT2D eigenvalue weighted by molar-refractivity contribution is -0.114. The first-order chi connectivity index (χ1) is 13.4. The van der Waals surface area contributed by atoms with Gasteiger partial charge in [-0.3, -0.25) is 4.79 Å². The van der Waals surface area contributed by atoms with Crippen LogP contribution in [0.4, 0.5) is 5.69 Å². The quantitative estimate of drug-likeness (QED) is 0.390. The molecule has 140 valence electrons. The number of rotatable bonds is 3. The number of amides is 1. The van der Waals surface area contributed by atoms with E-state index < -0.39 is 0 Å². The van der Waals surface area contributed by atoms with Gasteiger partial charge in [-0.15, -0.1) is 0 Å². The van der Waals surface area contributed by atoms with E-state index in [2.05, 4.69) is 21.0 Å². The molecule has 4 rings (SSSR count). The molecule has 0 aliphatic carbocycles. The summed E-state index contributed by atoms with van der Waals surface area (Å²) in [5, 5.41) is 6.44. The summed E-state index contributed by atoms with van der Waals surface area (Å²) in [5.41, 5.74) is 2.55. The largest absolute Gasteiger partial charge is 0.457 e. The third kappa shape index (κ3) is 3.65. The van der Waals surface area contributed by atoms with E-state index in [1.807, 2.05) is 36.4 Å². The second-order valence-electron chi connectivity index (χ2n) is 6.17. The van der Waals surface area contributed by atoms with E-state index in [0.29, 0.717) is 32.8 Å². The van der Waals surface area contributed by atoms with Crippen molar-refractivity contribution < 1.29 is 9.21 Å². The number of carbonyl (C=O) groups excluding carboxylic acids is 1. The van der Waals surface area contributed by atoms with Gasteiger partial charge in [0.05, 0.1) is 27.0 Å². The SMILES string of the molecule is CC1=NN(c2ccc(Cl)c(Cl)c2)C(=O)C1=Cc1ccc(-c2cccc(Br)c2)o1. The van der Waals surface area contributed by atoms with E-state index in [1.54, 1.807) is 31.2 Å². The molecule has 0 fully saturated rings. The van der Waals surface area contributed by atoms with E-state index in [4.69, 9.17) is 27.6 Å².